The van der Waals surface area contributed by atoms with Crippen molar-refractivity contribution in [3.8, 4) is 34.0 Å². The summed E-state index contributed by atoms with van der Waals surface area (Å²) >= 11 is 0. The first-order valence-corrected chi connectivity index (χ1v) is 7.06. The molecular formula is C18H18N2O2. The molecule has 2 aromatic carbocycles. The number of ether oxygens (including phenoxy) is 2. The van der Waals surface area contributed by atoms with Crippen LogP contribution in [0.5, 0.6) is 11.5 Å². The van der Waals surface area contributed by atoms with E-state index in [0.29, 0.717) is 0 Å². The number of benzene rings is 2. The molecule has 0 aliphatic heterocycles. The number of methoxy groups -OCH3 is 2. The number of nitrogens with one attached hydrogen (secondary N) is 1. The fourth-order valence-corrected chi connectivity index (χ4v) is 2.51. The Bertz CT molecular complexity index is 728. The highest BCUT2D eigenvalue weighted by Crippen LogP contribution is 2.32. The molecule has 0 spiro atoms. The zero-order valence-corrected chi connectivity index (χ0v) is 12.9. The summed E-state index contributed by atoms with van der Waals surface area (Å²) in [7, 11) is 3.33. The van der Waals surface area contributed by atoms with Crippen molar-refractivity contribution in [1.82, 2.24) is 10.2 Å². The first-order chi connectivity index (χ1) is 10.7. The van der Waals surface area contributed by atoms with E-state index in [0.717, 1.165) is 39.6 Å². The maximum absolute atomic E-state index is 5.29. The summed E-state index contributed by atoms with van der Waals surface area (Å²) in [6.45, 7) is 2.06. The molecule has 1 aromatic heterocycles. The first-order valence-electron chi connectivity index (χ1n) is 7.06. The highest BCUT2D eigenvalue weighted by molar-refractivity contribution is 5.74. The van der Waals surface area contributed by atoms with E-state index in [4.69, 9.17) is 9.47 Å². The molecule has 3 aromatic rings. The number of H-pyrrole nitrogens is 1. The number of rotatable bonds is 4. The van der Waals surface area contributed by atoms with Crippen LogP contribution in [0.25, 0.3) is 22.5 Å². The molecule has 4 nitrogen and oxygen atoms in total. The van der Waals surface area contributed by atoms with Crippen LogP contribution in [0.1, 0.15) is 5.56 Å². The van der Waals surface area contributed by atoms with Crippen molar-refractivity contribution in [3.63, 3.8) is 0 Å². The van der Waals surface area contributed by atoms with E-state index in [1.54, 1.807) is 14.2 Å². The van der Waals surface area contributed by atoms with Gasteiger partial charge in [0.15, 0.2) is 0 Å². The molecule has 112 valence electrons. The van der Waals surface area contributed by atoms with Crippen LogP contribution in [0.15, 0.2) is 48.5 Å². The molecule has 0 aliphatic rings. The summed E-state index contributed by atoms with van der Waals surface area (Å²) in [5.74, 6) is 1.65. The van der Waals surface area contributed by atoms with Gasteiger partial charge in [0.1, 0.15) is 11.5 Å². The smallest absolute Gasteiger partial charge is 0.119 e. The van der Waals surface area contributed by atoms with Gasteiger partial charge in [-0.2, -0.15) is 5.10 Å². The van der Waals surface area contributed by atoms with E-state index in [1.807, 2.05) is 48.5 Å². The Morgan fingerprint density at radius 1 is 0.864 bits per heavy atom. The van der Waals surface area contributed by atoms with Gasteiger partial charge in [-0.25, -0.2) is 0 Å². The van der Waals surface area contributed by atoms with Crippen molar-refractivity contribution in [2.45, 2.75) is 6.92 Å². The molecule has 0 unspecified atom stereocenters. The van der Waals surface area contributed by atoms with Crippen LogP contribution in [-0.2, 0) is 0 Å². The van der Waals surface area contributed by atoms with Gasteiger partial charge in [-0.3, -0.25) is 5.10 Å². The fraction of sp³-hybridized carbons (Fsp3) is 0.167. The average Bonchev–Trinajstić information content (AvgIpc) is 2.96. The summed E-state index contributed by atoms with van der Waals surface area (Å²) in [5.41, 5.74) is 5.11. The number of hydrogen-bond donors (Lipinski definition) is 1. The van der Waals surface area contributed by atoms with Gasteiger partial charge in [0.25, 0.3) is 0 Å². The van der Waals surface area contributed by atoms with Crippen LogP contribution >= 0.6 is 0 Å². The van der Waals surface area contributed by atoms with E-state index in [2.05, 4.69) is 17.1 Å². The zero-order valence-electron chi connectivity index (χ0n) is 12.9. The topological polar surface area (TPSA) is 47.1 Å². The molecule has 0 saturated carbocycles. The van der Waals surface area contributed by atoms with Crippen LogP contribution < -0.4 is 9.47 Å². The Morgan fingerprint density at radius 3 is 2.09 bits per heavy atom. The maximum Gasteiger partial charge on any atom is 0.119 e. The number of hydrogen-bond acceptors (Lipinski definition) is 3. The van der Waals surface area contributed by atoms with Crippen molar-refractivity contribution in [2.24, 2.45) is 0 Å². The molecule has 0 bridgehead atoms. The van der Waals surface area contributed by atoms with Gasteiger partial charge in [-0.1, -0.05) is 24.3 Å². The van der Waals surface area contributed by atoms with Crippen molar-refractivity contribution < 1.29 is 9.47 Å². The molecule has 1 heterocycles. The maximum atomic E-state index is 5.29. The van der Waals surface area contributed by atoms with Crippen LogP contribution in [0.2, 0.25) is 0 Å². The molecule has 0 radical (unpaired) electrons. The quantitative estimate of drug-likeness (QED) is 0.789. The molecule has 0 fully saturated rings. The summed E-state index contributed by atoms with van der Waals surface area (Å²) in [6, 6.07) is 15.8. The Labute approximate surface area is 129 Å². The van der Waals surface area contributed by atoms with Crippen LogP contribution in [0.3, 0.4) is 0 Å². The van der Waals surface area contributed by atoms with Gasteiger partial charge in [0.2, 0.25) is 0 Å². The predicted octanol–water partition coefficient (Wildman–Crippen LogP) is 4.07. The van der Waals surface area contributed by atoms with Crippen LogP contribution in [-0.4, -0.2) is 24.4 Å². The van der Waals surface area contributed by atoms with Crippen molar-refractivity contribution in [2.75, 3.05) is 14.2 Å². The molecular weight excluding hydrogens is 276 g/mol. The van der Waals surface area contributed by atoms with E-state index < -0.39 is 0 Å². The second-order valence-corrected chi connectivity index (χ2v) is 5.04. The highest BCUT2D eigenvalue weighted by atomic mass is 16.5. The van der Waals surface area contributed by atoms with Gasteiger partial charge in [0, 0.05) is 16.7 Å². The first kappa shape index (κ1) is 14.2. The van der Waals surface area contributed by atoms with Gasteiger partial charge in [-0.15, -0.1) is 0 Å². The molecule has 22 heavy (non-hydrogen) atoms. The zero-order chi connectivity index (χ0) is 15.5. The number of aromatic nitrogens is 2. The molecule has 4 heteroatoms. The van der Waals surface area contributed by atoms with Crippen molar-refractivity contribution in [3.05, 3.63) is 54.1 Å². The summed E-state index contributed by atoms with van der Waals surface area (Å²) in [5, 5.41) is 7.60. The predicted molar refractivity (Wildman–Crippen MR) is 87.3 cm³/mol. The highest BCUT2D eigenvalue weighted by Gasteiger charge is 2.13. The van der Waals surface area contributed by atoms with Crippen LogP contribution in [0, 0.1) is 6.92 Å². The van der Waals surface area contributed by atoms with Gasteiger partial charge < -0.3 is 9.47 Å². The molecule has 0 saturated heterocycles. The number of nitrogens with zero attached hydrogens (tertiary/aromatic N) is 1. The largest absolute Gasteiger partial charge is 0.497 e. The van der Waals surface area contributed by atoms with Gasteiger partial charge in [-0.05, 0) is 31.2 Å². The van der Waals surface area contributed by atoms with E-state index >= 15 is 0 Å². The monoisotopic (exact) mass is 294 g/mol. The lowest BCUT2D eigenvalue weighted by atomic mass is 10.0. The standard InChI is InChI=1S/C18H18N2O2/c1-12-17(13-6-4-8-15(10-13)21-2)19-20-18(12)14-7-5-9-16(11-14)22-3/h4-11H,1-3H3,(H,19,20). The Hall–Kier alpha value is -2.75. The molecule has 0 aliphatic carbocycles. The van der Waals surface area contributed by atoms with Crippen molar-refractivity contribution >= 4 is 0 Å². The summed E-state index contributed by atoms with van der Waals surface area (Å²) in [6.07, 6.45) is 0. The second-order valence-electron chi connectivity index (χ2n) is 5.04. The minimum absolute atomic E-state index is 0.822. The number of aromatic amines is 1. The fourth-order valence-electron chi connectivity index (χ4n) is 2.51. The third-order valence-electron chi connectivity index (χ3n) is 3.71. The normalized spacial score (nSPS) is 10.5. The minimum Gasteiger partial charge on any atom is -0.497 e. The summed E-state index contributed by atoms with van der Waals surface area (Å²) < 4.78 is 10.6. The van der Waals surface area contributed by atoms with E-state index in [9.17, 15) is 0 Å². The average molecular weight is 294 g/mol. The Balaban J connectivity index is 2.04. The minimum atomic E-state index is 0.822. The van der Waals surface area contributed by atoms with E-state index in [-0.39, 0.29) is 0 Å². The lowest BCUT2D eigenvalue weighted by molar-refractivity contribution is 0.415. The van der Waals surface area contributed by atoms with E-state index in [1.165, 1.54) is 0 Å². The third-order valence-corrected chi connectivity index (χ3v) is 3.71. The van der Waals surface area contributed by atoms with Gasteiger partial charge in [0.05, 0.1) is 25.6 Å². The van der Waals surface area contributed by atoms with Gasteiger partial charge >= 0.3 is 0 Å². The van der Waals surface area contributed by atoms with Crippen LogP contribution in [0.4, 0.5) is 0 Å². The molecule has 0 amide bonds. The summed E-state index contributed by atoms with van der Waals surface area (Å²) in [4.78, 5) is 0. The lowest BCUT2D eigenvalue weighted by Gasteiger charge is -2.05. The Morgan fingerprint density at radius 2 is 1.45 bits per heavy atom. The second kappa shape index (κ2) is 5.93. The molecule has 1 N–H and O–H groups in total. The third kappa shape index (κ3) is 2.55. The SMILES string of the molecule is COc1cccc(-c2n[nH]c(-c3cccc(OC)c3)c2C)c1. The van der Waals surface area contributed by atoms with Crippen molar-refractivity contribution in [1.29, 1.82) is 0 Å². The Kier molecular flexibility index (Phi) is 3.83. The lowest BCUT2D eigenvalue weighted by Crippen LogP contribution is -1.86. The molecule has 0 atom stereocenters. The molecule has 3 rings (SSSR count).